The average molecular weight is 339 g/mol. The topological polar surface area (TPSA) is 50.1 Å². The van der Waals surface area contributed by atoms with Gasteiger partial charge in [-0.05, 0) is 49.2 Å². The Balaban J connectivity index is 1.64. The monoisotopic (exact) mass is 339 g/mol. The number of imidazole rings is 1. The fraction of sp³-hybridized carbons (Fsp3) is 0.250. The Labute approximate surface area is 147 Å². The Kier molecular flexibility index (Phi) is 5.26. The lowest BCUT2D eigenvalue weighted by atomic mass is 10.0. The zero-order chi connectivity index (χ0) is 17.8. The van der Waals surface area contributed by atoms with Crippen LogP contribution in [-0.2, 0) is 0 Å². The van der Waals surface area contributed by atoms with Crippen LogP contribution in [0.5, 0.6) is 0 Å². The van der Waals surface area contributed by atoms with Crippen molar-refractivity contribution in [3.8, 4) is 5.69 Å². The quantitative estimate of drug-likeness (QED) is 0.718. The molecule has 0 saturated carbocycles. The molecule has 3 atom stereocenters. The second kappa shape index (κ2) is 7.59. The van der Waals surface area contributed by atoms with E-state index in [0.29, 0.717) is 5.56 Å². The van der Waals surface area contributed by atoms with Gasteiger partial charge in [-0.25, -0.2) is 9.37 Å². The second-order valence-electron chi connectivity index (χ2n) is 6.23. The molecular formula is C20H22FN3O. The van der Waals surface area contributed by atoms with E-state index in [-0.39, 0.29) is 17.9 Å². The van der Waals surface area contributed by atoms with Crippen LogP contribution in [0.15, 0.2) is 67.3 Å². The molecule has 3 aromatic rings. The van der Waals surface area contributed by atoms with Gasteiger partial charge in [-0.15, -0.1) is 0 Å². The number of benzene rings is 2. The summed E-state index contributed by atoms with van der Waals surface area (Å²) in [6.07, 6.45) is 4.71. The van der Waals surface area contributed by atoms with Gasteiger partial charge in [-0.1, -0.05) is 24.3 Å². The van der Waals surface area contributed by atoms with Gasteiger partial charge in [0.25, 0.3) is 0 Å². The Hall–Kier alpha value is -2.50. The lowest BCUT2D eigenvalue weighted by Gasteiger charge is -2.25. The predicted molar refractivity (Wildman–Crippen MR) is 95.9 cm³/mol. The van der Waals surface area contributed by atoms with Crippen molar-refractivity contribution in [2.24, 2.45) is 0 Å². The summed E-state index contributed by atoms with van der Waals surface area (Å²) in [5.41, 5.74) is 2.87. The summed E-state index contributed by atoms with van der Waals surface area (Å²) in [4.78, 5) is 4.05. The lowest BCUT2D eigenvalue weighted by molar-refractivity contribution is 0.130. The Bertz CT molecular complexity index is 785. The number of nitrogens with zero attached hydrogens (tertiary/aromatic N) is 2. The van der Waals surface area contributed by atoms with E-state index in [0.717, 1.165) is 11.3 Å². The molecule has 2 aromatic carbocycles. The van der Waals surface area contributed by atoms with Crippen molar-refractivity contribution in [1.29, 1.82) is 0 Å². The largest absolute Gasteiger partial charge is 0.387 e. The van der Waals surface area contributed by atoms with Crippen LogP contribution in [0.3, 0.4) is 0 Å². The number of hydrogen-bond donors (Lipinski definition) is 2. The van der Waals surface area contributed by atoms with Crippen molar-refractivity contribution in [1.82, 2.24) is 14.9 Å². The summed E-state index contributed by atoms with van der Waals surface area (Å²) < 4.78 is 15.0. The van der Waals surface area contributed by atoms with Crippen molar-refractivity contribution in [3.05, 3.63) is 84.2 Å². The first-order valence-electron chi connectivity index (χ1n) is 8.32. The molecule has 0 radical (unpaired) electrons. The highest BCUT2D eigenvalue weighted by Gasteiger charge is 2.19. The van der Waals surface area contributed by atoms with Crippen molar-refractivity contribution in [2.75, 3.05) is 0 Å². The van der Waals surface area contributed by atoms with Crippen molar-refractivity contribution < 1.29 is 9.50 Å². The average Bonchev–Trinajstić information content (AvgIpc) is 3.16. The highest BCUT2D eigenvalue weighted by Crippen LogP contribution is 2.21. The summed E-state index contributed by atoms with van der Waals surface area (Å²) >= 11 is 0. The van der Waals surface area contributed by atoms with E-state index in [1.54, 1.807) is 24.7 Å². The predicted octanol–water partition coefficient (Wildman–Crippen LogP) is 3.78. The number of hydrogen-bond acceptors (Lipinski definition) is 3. The molecule has 5 heteroatoms. The first kappa shape index (κ1) is 17.3. The summed E-state index contributed by atoms with van der Waals surface area (Å²) in [7, 11) is 0. The third-order valence-corrected chi connectivity index (χ3v) is 4.39. The van der Waals surface area contributed by atoms with Crippen LogP contribution in [0.25, 0.3) is 5.69 Å². The highest BCUT2D eigenvalue weighted by atomic mass is 19.1. The van der Waals surface area contributed by atoms with Crippen LogP contribution in [-0.4, -0.2) is 20.7 Å². The number of aliphatic hydroxyl groups excluding tert-OH is 1. The van der Waals surface area contributed by atoms with E-state index in [4.69, 9.17) is 0 Å². The molecule has 0 saturated heterocycles. The van der Waals surface area contributed by atoms with Gasteiger partial charge in [0.05, 0.1) is 12.4 Å². The Morgan fingerprint density at radius 2 is 1.64 bits per heavy atom. The molecule has 3 rings (SSSR count). The van der Waals surface area contributed by atoms with Gasteiger partial charge in [-0.3, -0.25) is 0 Å². The van der Waals surface area contributed by atoms with Gasteiger partial charge >= 0.3 is 0 Å². The van der Waals surface area contributed by atoms with Gasteiger partial charge in [0.1, 0.15) is 5.82 Å². The minimum absolute atomic E-state index is 0.0712. The fourth-order valence-electron chi connectivity index (χ4n) is 2.88. The standard InChI is InChI=1S/C20H22FN3O/c1-14(16-5-9-19(10-6-16)24-12-11-22-13-24)23-15(2)20(25)17-3-7-18(21)8-4-17/h3-15,20,23,25H,1-2H3. The molecule has 0 amide bonds. The van der Waals surface area contributed by atoms with Crippen LogP contribution >= 0.6 is 0 Å². The van der Waals surface area contributed by atoms with Gasteiger partial charge < -0.3 is 15.0 Å². The van der Waals surface area contributed by atoms with Gasteiger partial charge in [0.15, 0.2) is 0 Å². The van der Waals surface area contributed by atoms with Crippen molar-refractivity contribution >= 4 is 0 Å². The number of aliphatic hydroxyl groups is 1. The summed E-state index contributed by atoms with van der Waals surface area (Å²) in [5.74, 6) is -0.303. The van der Waals surface area contributed by atoms with E-state index < -0.39 is 6.10 Å². The number of rotatable bonds is 6. The normalized spacial score (nSPS) is 14.9. The van der Waals surface area contributed by atoms with E-state index in [2.05, 4.69) is 29.4 Å². The fourth-order valence-corrected chi connectivity index (χ4v) is 2.88. The molecule has 3 unspecified atom stereocenters. The Morgan fingerprint density at radius 1 is 1.00 bits per heavy atom. The molecule has 0 spiro atoms. The molecule has 0 aliphatic rings. The van der Waals surface area contributed by atoms with E-state index in [1.807, 2.05) is 29.8 Å². The number of halogens is 1. The molecule has 0 fully saturated rings. The van der Waals surface area contributed by atoms with E-state index in [1.165, 1.54) is 12.1 Å². The first-order valence-corrected chi connectivity index (χ1v) is 8.32. The number of nitrogens with one attached hydrogen (secondary N) is 1. The minimum atomic E-state index is -0.701. The maximum absolute atomic E-state index is 13.0. The lowest BCUT2D eigenvalue weighted by Crippen LogP contribution is -2.34. The number of aromatic nitrogens is 2. The van der Waals surface area contributed by atoms with E-state index >= 15 is 0 Å². The molecule has 1 heterocycles. The maximum Gasteiger partial charge on any atom is 0.123 e. The summed E-state index contributed by atoms with van der Waals surface area (Å²) in [6.45, 7) is 3.98. The minimum Gasteiger partial charge on any atom is -0.387 e. The Morgan fingerprint density at radius 3 is 2.24 bits per heavy atom. The van der Waals surface area contributed by atoms with Gasteiger partial charge in [0, 0.05) is 30.2 Å². The summed E-state index contributed by atoms with van der Waals surface area (Å²) in [5, 5.41) is 13.8. The molecule has 25 heavy (non-hydrogen) atoms. The van der Waals surface area contributed by atoms with Crippen LogP contribution in [0.1, 0.15) is 37.1 Å². The zero-order valence-corrected chi connectivity index (χ0v) is 14.3. The molecule has 1 aromatic heterocycles. The van der Waals surface area contributed by atoms with Gasteiger partial charge in [-0.2, -0.15) is 0 Å². The molecule has 4 nitrogen and oxygen atoms in total. The molecule has 130 valence electrons. The SMILES string of the molecule is CC(NC(C)C(O)c1ccc(F)cc1)c1ccc(-n2ccnc2)cc1. The highest BCUT2D eigenvalue weighted by molar-refractivity contribution is 5.35. The molecule has 0 aliphatic carbocycles. The zero-order valence-electron chi connectivity index (χ0n) is 14.3. The van der Waals surface area contributed by atoms with Crippen molar-refractivity contribution in [2.45, 2.75) is 32.0 Å². The van der Waals surface area contributed by atoms with Crippen molar-refractivity contribution in [3.63, 3.8) is 0 Å². The van der Waals surface area contributed by atoms with E-state index in [9.17, 15) is 9.50 Å². The van der Waals surface area contributed by atoms with Gasteiger partial charge in [0.2, 0.25) is 0 Å². The third-order valence-electron chi connectivity index (χ3n) is 4.39. The van der Waals surface area contributed by atoms with Crippen LogP contribution in [0.2, 0.25) is 0 Å². The molecular weight excluding hydrogens is 317 g/mol. The van der Waals surface area contributed by atoms with Crippen LogP contribution in [0, 0.1) is 5.82 Å². The maximum atomic E-state index is 13.0. The molecule has 0 bridgehead atoms. The van der Waals surface area contributed by atoms with Crippen LogP contribution < -0.4 is 5.32 Å². The summed E-state index contributed by atoms with van der Waals surface area (Å²) in [6, 6.07) is 14.1. The first-order chi connectivity index (χ1) is 12.0. The second-order valence-corrected chi connectivity index (χ2v) is 6.23. The molecule has 0 aliphatic heterocycles. The smallest absolute Gasteiger partial charge is 0.123 e. The molecule has 2 N–H and O–H groups in total. The third kappa shape index (κ3) is 4.13. The van der Waals surface area contributed by atoms with Crippen LogP contribution in [0.4, 0.5) is 4.39 Å².